The van der Waals surface area contributed by atoms with Gasteiger partial charge in [-0.1, -0.05) is 0 Å². The van der Waals surface area contributed by atoms with Crippen molar-refractivity contribution < 1.29 is 19.0 Å². The van der Waals surface area contributed by atoms with Crippen LogP contribution in [0.3, 0.4) is 0 Å². The fourth-order valence-corrected chi connectivity index (χ4v) is 4.69. The number of carbonyl (C=O) groups excluding carboxylic acids is 1. The molecule has 0 unspecified atom stereocenters. The predicted octanol–water partition coefficient (Wildman–Crippen LogP) is 5.69. The Morgan fingerprint density at radius 3 is 2.67 bits per heavy atom. The quantitative estimate of drug-likeness (QED) is 0.273. The molecule has 1 N–H and O–H groups in total. The second-order valence-corrected chi connectivity index (χ2v) is 11.2. The molecule has 1 aliphatic rings. The van der Waals surface area contributed by atoms with Gasteiger partial charge in [-0.05, 0) is 57.5 Å². The molecule has 0 spiro atoms. The zero-order valence-corrected chi connectivity index (χ0v) is 23.9. The van der Waals surface area contributed by atoms with Crippen molar-refractivity contribution in [2.45, 2.75) is 52.2 Å². The lowest BCUT2D eigenvalue weighted by atomic mass is 10.1. The maximum Gasteiger partial charge on any atom is 0.410 e. The Morgan fingerprint density at radius 1 is 1.05 bits per heavy atom. The van der Waals surface area contributed by atoms with Crippen molar-refractivity contribution in [3.8, 4) is 17.4 Å². The van der Waals surface area contributed by atoms with Crippen molar-refractivity contribution in [3.63, 3.8) is 0 Å². The third kappa shape index (κ3) is 6.17. The number of likely N-dealkylation sites (tertiary alicyclic amines) is 1. The number of rotatable bonds is 6. The second-order valence-electron chi connectivity index (χ2n) is 11.2. The van der Waals surface area contributed by atoms with Gasteiger partial charge in [-0.25, -0.2) is 29.2 Å². The van der Waals surface area contributed by atoms with Crippen LogP contribution in [0.15, 0.2) is 61.3 Å². The lowest BCUT2D eigenvalue weighted by molar-refractivity contribution is 0.0123. The first-order chi connectivity index (χ1) is 20.2. The highest BCUT2D eigenvalue weighted by Gasteiger charge is 2.28. The summed E-state index contributed by atoms with van der Waals surface area (Å²) in [7, 11) is 0. The average Bonchev–Trinajstić information content (AvgIpc) is 3.42. The van der Waals surface area contributed by atoms with E-state index in [9.17, 15) is 4.79 Å². The third-order valence-electron chi connectivity index (χ3n) is 6.73. The van der Waals surface area contributed by atoms with Crippen molar-refractivity contribution in [3.05, 3.63) is 66.9 Å². The molecule has 5 heterocycles. The van der Waals surface area contributed by atoms with E-state index in [1.54, 1.807) is 28.0 Å². The molecule has 1 aromatic carbocycles. The minimum atomic E-state index is -0.518. The van der Waals surface area contributed by atoms with Gasteiger partial charge < -0.3 is 24.4 Å². The molecule has 0 radical (unpaired) electrons. The van der Waals surface area contributed by atoms with Gasteiger partial charge in [0.1, 0.15) is 29.3 Å². The first-order valence-electron chi connectivity index (χ1n) is 13.8. The van der Waals surface area contributed by atoms with E-state index >= 15 is 0 Å². The van der Waals surface area contributed by atoms with Crippen LogP contribution in [0.25, 0.3) is 16.7 Å². The number of amides is 1. The number of imidazole rings is 1. The van der Waals surface area contributed by atoms with Gasteiger partial charge in [0, 0.05) is 56.1 Å². The molecule has 216 valence electrons. The number of aromatic nitrogens is 6. The van der Waals surface area contributed by atoms with Crippen LogP contribution < -0.4 is 14.8 Å². The minimum Gasteiger partial charge on any atom is -0.474 e. The monoisotopic (exact) mass is 568 g/mol. The number of pyridine rings is 1. The first kappa shape index (κ1) is 27.2. The Bertz CT molecular complexity index is 1740. The molecule has 0 aliphatic carbocycles. The number of aryl methyl sites for hydroxylation is 1. The maximum absolute atomic E-state index is 12.4. The number of nitrogens with one attached hydrogen (secondary N) is 1. The zero-order valence-electron chi connectivity index (χ0n) is 23.9. The molecule has 1 aliphatic heterocycles. The topological polar surface area (TPSA) is 129 Å². The van der Waals surface area contributed by atoms with Gasteiger partial charge in [-0.3, -0.25) is 0 Å². The number of piperidine rings is 1. The summed E-state index contributed by atoms with van der Waals surface area (Å²) in [6, 6.07) is 11.3. The first-order valence-corrected chi connectivity index (χ1v) is 13.8. The third-order valence-corrected chi connectivity index (χ3v) is 6.73. The van der Waals surface area contributed by atoms with Gasteiger partial charge in [0.05, 0.1) is 11.7 Å². The van der Waals surface area contributed by atoms with E-state index in [1.165, 1.54) is 6.33 Å². The van der Waals surface area contributed by atoms with Gasteiger partial charge >= 0.3 is 6.09 Å². The summed E-state index contributed by atoms with van der Waals surface area (Å²) in [6.07, 6.45) is 7.66. The molecular weight excluding hydrogens is 536 g/mol. The van der Waals surface area contributed by atoms with Gasteiger partial charge in [0.2, 0.25) is 5.88 Å². The molecule has 0 atom stereocenters. The molecule has 12 heteroatoms. The highest BCUT2D eigenvalue weighted by molar-refractivity contribution is 5.87. The van der Waals surface area contributed by atoms with Crippen LogP contribution in [0.2, 0.25) is 0 Å². The summed E-state index contributed by atoms with van der Waals surface area (Å²) in [5, 5.41) is 7.66. The molecule has 5 aromatic rings. The largest absolute Gasteiger partial charge is 0.474 e. The molecular formula is C30H32N8O4. The Kier molecular flexibility index (Phi) is 7.19. The number of carbonyl (C=O) groups is 1. The number of ether oxygens (including phenoxy) is 3. The molecule has 0 saturated carbocycles. The Morgan fingerprint density at radius 2 is 1.88 bits per heavy atom. The van der Waals surface area contributed by atoms with E-state index < -0.39 is 5.60 Å². The van der Waals surface area contributed by atoms with Gasteiger partial charge in [-0.15, -0.1) is 0 Å². The molecule has 42 heavy (non-hydrogen) atoms. The second kappa shape index (κ2) is 11.1. The Labute approximate surface area is 242 Å². The number of hydrogen-bond acceptors (Lipinski definition) is 10. The fourth-order valence-electron chi connectivity index (χ4n) is 4.69. The van der Waals surface area contributed by atoms with Crippen molar-refractivity contribution in [2.75, 3.05) is 18.4 Å². The summed E-state index contributed by atoms with van der Waals surface area (Å²) >= 11 is 0. The van der Waals surface area contributed by atoms with Crippen LogP contribution in [0.4, 0.5) is 16.3 Å². The van der Waals surface area contributed by atoms with Gasteiger partial charge in [0.25, 0.3) is 0 Å². The number of hydrogen-bond donors (Lipinski definition) is 1. The minimum absolute atomic E-state index is 0.0609. The van der Waals surface area contributed by atoms with Crippen LogP contribution in [0.5, 0.6) is 17.4 Å². The van der Waals surface area contributed by atoms with Crippen LogP contribution >= 0.6 is 0 Å². The van der Waals surface area contributed by atoms with E-state index in [1.807, 2.05) is 64.1 Å². The number of fused-ring (bicyclic) bond motifs is 2. The lowest BCUT2D eigenvalue weighted by Crippen LogP contribution is -2.44. The predicted molar refractivity (Wildman–Crippen MR) is 156 cm³/mol. The van der Waals surface area contributed by atoms with Crippen molar-refractivity contribution in [2.24, 2.45) is 0 Å². The maximum atomic E-state index is 12.4. The molecule has 1 fully saturated rings. The number of anilines is 2. The molecule has 6 rings (SSSR count). The average molecular weight is 569 g/mol. The molecule has 1 saturated heterocycles. The summed E-state index contributed by atoms with van der Waals surface area (Å²) in [6.45, 7) is 8.71. The van der Waals surface area contributed by atoms with Gasteiger partial charge in [-0.2, -0.15) is 5.10 Å². The van der Waals surface area contributed by atoms with E-state index in [4.69, 9.17) is 19.2 Å². The highest BCUT2D eigenvalue weighted by atomic mass is 16.6. The Balaban J connectivity index is 1.13. The fraction of sp³-hybridized carbons (Fsp3) is 0.333. The van der Waals surface area contributed by atoms with Crippen LogP contribution in [-0.4, -0.2) is 65.3 Å². The lowest BCUT2D eigenvalue weighted by Gasteiger charge is -2.33. The van der Waals surface area contributed by atoms with Crippen molar-refractivity contribution in [1.82, 2.24) is 34.4 Å². The Hall–Kier alpha value is -5.00. The SMILES string of the molecule is Cc1cc(Nc2ncnc3ccc(OC4CCN(C(=O)OC(C)(C)C)CC4)nc23)ccc1Oc1cnn2ccnc2c1. The van der Waals surface area contributed by atoms with Gasteiger partial charge in [0.15, 0.2) is 17.2 Å². The van der Waals surface area contributed by atoms with E-state index in [2.05, 4.69) is 25.4 Å². The summed E-state index contributed by atoms with van der Waals surface area (Å²) in [5.74, 6) is 2.36. The standard InChI is InChI=1S/C30H32N8O4/c1-19-15-20(5-7-24(19)40-22-16-25-31-11-14-38(25)34-17-22)35-28-27-23(32-18-33-28)6-8-26(36-27)41-21-9-12-37(13-10-21)29(39)42-30(2,3)4/h5-8,11,14-18,21H,9-10,12-13H2,1-4H3,(H,32,33,35). The van der Waals surface area contributed by atoms with Crippen molar-refractivity contribution >= 4 is 34.3 Å². The summed E-state index contributed by atoms with van der Waals surface area (Å²) in [5.41, 5.74) is 3.23. The molecule has 12 nitrogen and oxygen atoms in total. The zero-order chi connectivity index (χ0) is 29.3. The van der Waals surface area contributed by atoms with Crippen LogP contribution in [0, 0.1) is 6.92 Å². The van der Waals surface area contributed by atoms with Crippen LogP contribution in [0.1, 0.15) is 39.2 Å². The summed E-state index contributed by atoms with van der Waals surface area (Å²) < 4.78 is 19.4. The number of benzene rings is 1. The molecule has 1 amide bonds. The summed E-state index contributed by atoms with van der Waals surface area (Å²) in [4.78, 5) is 31.9. The van der Waals surface area contributed by atoms with E-state index in [-0.39, 0.29) is 12.2 Å². The van der Waals surface area contributed by atoms with E-state index in [0.29, 0.717) is 65.8 Å². The number of nitrogens with zero attached hydrogens (tertiary/aromatic N) is 7. The van der Waals surface area contributed by atoms with Crippen LogP contribution in [-0.2, 0) is 4.74 Å². The normalized spacial score (nSPS) is 14.2. The highest BCUT2D eigenvalue weighted by Crippen LogP contribution is 2.30. The molecule has 0 bridgehead atoms. The van der Waals surface area contributed by atoms with Crippen molar-refractivity contribution in [1.29, 1.82) is 0 Å². The van der Waals surface area contributed by atoms with E-state index in [0.717, 1.165) is 11.3 Å². The smallest absolute Gasteiger partial charge is 0.410 e. The molecule has 4 aromatic heterocycles.